The number of ether oxygens (including phenoxy) is 2. The Morgan fingerprint density at radius 2 is 1.58 bits per heavy atom. The van der Waals surface area contributed by atoms with E-state index in [1.54, 1.807) is 6.07 Å². The molecular weight excluding hydrogens is 549 g/mol. The second-order valence-corrected chi connectivity index (χ2v) is 9.81. The van der Waals surface area contributed by atoms with E-state index in [1.807, 2.05) is 17.3 Å². The van der Waals surface area contributed by atoms with Crippen LogP contribution in [-0.4, -0.2) is 34.7 Å². The van der Waals surface area contributed by atoms with Gasteiger partial charge >= 0.3 is 27.0 Å². The zero-order valence-electron chi connectivity index (χ0n) is 19.9. The van der Waals surface area contributed by atoms with Crippen LogP contribution in [0.1, 0.15) is 56.6 Å². The van der Waals surface area contributed by atoms with Gasteiger partial charge in [-0.25, -0.2) is 8.42 Å². The minimum absolute atomic E-state index is 0.0953. The van der Waals surface area contributed by atoms with Crippen LogP contribution in [0.2, 0.25) is 0 Å². The van der Waals surface area contributed by atoms with Crippen molar-refractivity contribution in [3.63, 3.8) is 0 Å². The first-order valence-corrected chi connectivity index (χ1v) is 14.5. The summed E-state index contributed by atoms with van der Waals surface area (Å²) in [6.07, 6.45) is 3.52. The van der Waals surface area contributed by atoms with E-state index in [-0.39, 0.29) is 17.0 Å². The maximum absolute atomic E-state index is 12.4. The third-order valence-corrected chi connectivity index (χ3v) is 6.85. The number of nitrogens with two attached hydrogens (primary N) is 1. The van der Waals surface area contributed by atoms with Crippen molar-refractivity contribution in [3.8, 4) is 11.5 Å². The molecule has 3 rings (SSSR count). The van der Waals surface area contributed by atoms with Crippen LogP contribution in [0.3, 0.4) is 0 Å². The van der Waals surface area contributed by atoms with Crippen molar-refractivity contribution in [1.82, 2.24) is 0 Å². The van der Waals surface area contributed by atoms with Gasteiger partial charge < -0.3 is 19.9 Å². The number of nitrogens with zero attached hydrogens (tertiary/aromatic N) is 1. The van der Waals surface area contributed by atoms with E-state index in [4.69, 9.17) is 15.2 Å². The van der Waals surface area contributed by atoms with Crippen molar-refractivity contribution in [2.75, 3.05) is 14.2 Å². The van der Waals surface area contributed by atoms with Crippen molar-refractivity contribution in [1.29, 1.82) is 0 Å². The third kappa shape index (κ3) is 9.53. The molecule has 1 aliphatic carbocycles. The van der Waals surface area contributed by atoms with Crippen LogP contribution in [0.25, 0.3) is 4.72 Å². The molecule has 33 heavy (non-hydrogen) atoms. The summed E-state index contributed by atoms with van der Waals surface area (Å²) < 4.78 is 39.0. The van der Waals surface area contributed by atoms with E-state index in [2.05, 4.69) is 59.4 Å². The normalized spacial score (nSPS) is 17.8. The summed E-state index contributed by atoms with van der Waals surface area (Å²) in [5.41, 5.74) is 8.72. The molecule has 1 aliphatic rings. The van der Waals surface area contributed by atoms with Gasteiger partial charge in [0.1, 0.15) is 10.0 Å². The zero-order valence-corrected chi connectivity index (χ0v) is 23.2. The van der Waals surface area contributed by atoms with Crippen molar-refractivity contribution >= 4 is 19.7 Å². The summed E-state index contributed by atoms with van der Waals surface area (Å²) in [5, 5.41) is 0. The second-order valence-electron chi connectivity index (χ2n) is 8.18. The molecule has 0 unspecified atom stereocenters. The van der Waals surface area contributed by atoms with Gasteiger partial charge in [0, 0.05) is 6.07 Å². The average molecular weight is 584 g/mol. The van der Waals surface area contributed by atoms with E-state index in [0.29, 0.717) is 23.8 Å². The third-order valence-electron chi connectivity index (χ3n) is 5.45. The number of sulfonamides is 1. The van der Waals surface area contributed by atoms with Gasteiger partial charge in [0.05, 0.1) is 19.1 Å². The van der Waals surface area contributed by atoms with Crippen molar-refractivity contribution in [2.24, 2.45) is 5.73 Å². The number of halogens is 1. The van der Waals surface area contributed by atoms with Gasteiger partial charge in [0.15, 0.2) is 11.5 Å². The van der Waals surface area contributed by atoms with Crippen LogP contribution in [0.4, 0.5) is 0 Å². The topological polar surface area (TPSA) is 92.7 Å². The van der Waals surface area contributed by atoms with E-state index in [9.17, 15) is 8.42 Å². The fourth-order valence-corrected chi connectivity index (χ4v) is 4.67. The van der Waals surface area contributed by atoms with Gasteiger partial charge in [-0.05, 0) is 43.0 Å². The predicted octanol–water partition coefficient (Wildman–Crippen LogP) is 5.84. The number of aryl methyl sites for hydroxylation is 1. The molecule has 0 aromatic heterocycles. The zero-order chi connectivity index (χ0) is 25.0. The van der Waals surface area contributed by atoms with E-state index in [0.717, 1.165) is 19.3 Å². The van der Waals surface area contributed by atoms with E-state index < -0.39 is 10.0 Å². The monoisotopic (exact) mass is 584 g/mol. The van der Waals surface area contributed by atoms with Gasteiger partial charge in [-0.1, -0.05) is 62.9 Å². The van der Waals surface area contributed by atoms with Crippen LogP contribution in [0, 0.1) is 6.92 Å². The predicted molar refractivity (Wildman–Crippen MR) is 131 cm³/mol. The first kappa shape index (κ1) is 29.9. The number of rotatable bonds is 6. The molecule has 1 fully saturated rings. The van der Waals surface area contributed by atoms with Gasteiger partial charge in [0.2, 0.25) is 0 Å². The molecule has 2 atom stereocenters. The number of hydrogen-bond donors (Lipinski definition) is 1. The van der Waals surface area contributed by atoms with Crippen LogP contribution >= 0.6 is 9.69 Å². The summed E-state index contributed by atoms with van der Waals surface area (Å²) in [6, 6.07) is 12.6. The van der Waals surface area contributed by atoms with Crippen molar-refractivity contribution in [2.45, 2.75) is 69.4 Å². The van der Waals surface area contributed by atoms with Crippen molar-refractivity contribution in [3.05, 3.63) is 58.3 Å². The first-order chi connectivity index (χ1) is 15.7. The average Bonchev–Trinajstić information content (AvgIpc) is 2.82. The fourth-order valence-electron chi connectivity index (χ4n) is 3.44. The van der Waals surface area contributed by atoms with Crippen LogP contribution in [0.15, 0.2) is 47.4 Å². The molecule has 186 valence electrons. The second kappa shape index (κ2) is 14.9. The molecule has 0 amide bonds. The minimum atomic E-state index is -3.74. The Morgan fingerprint density at radius 3 is 2.09 bits per heavy atom. The van der Waals surface area contributed by atoms with Crippen LogP contribution in [0.5, 0.6) is 11.5 Å². The van der Waals surface area contributed by atoms with Gasteiger partial charge in [-0.2, -0.15) is 0 Å². The molecule has 0 heterocycles. The molecule has 0 aliphatic heterocycles. The van der Waals surface area contributed by atoms with Crippen LogP contribution in [-0.2, 0) is 27.3 Å². The summed E-state index contributed by atoms with van der Waals surface area (Å²) >= 11 is 1.82. The molecule has 2 aromatic rings. The standard InChI is InChI=1S/C14H21N2O4S.C10H14.ClH.Ru/c1-19-13-8-7-10(9-14(13)20-2)21(17,18)16-12-6-4-3-5-11(12)15;1-8(2)10-6-4-9(3)5-7-10;;/h7-9,11-12H,3-6,15H2,1-2H3;4-8H,1-3H3;1H;/q-1;;;+2/p-1/t11-,12-;;;/m0.../s1. The Bertz CT molecular complexity index is 940. The molecule has 0 bridgehead atoms. The van der Waals surface area contributed by atoms with Gasteiger partial charge in [0.25, 0.3) is 0 Å². The van der Waals surface area contributed by atoms with Gasteiger partial charge in [-0.15, -0.1) is 6.04 Å². The molecule has 9 heteroatoms. The molecule has 2 N–H and O–H groups in total. The molecule has 0 radical (unpaired) electrons. The molecule has 1 saturated carbocycles. The Kier molecular flexibility index (Phi) is 13.5. The van der Waals surface area contributed by atoms with Gasteiger partial charge in [-0.3, -0.25) is 0 Å². The Morgan fingerprint density at radius 1 is 1.00 bits per heavy atom. The Labute approximate surface area is 213 Å². The SMILES string of the molecule is COc1ccc(S(=O)(=O)[N-][C@H]2CCCC[C@@H]2N)cc1OC.Cc1ccc(C(C)C)cc1.[Cl][Ru+]. The quantitative estimate of drug-likeness (QED) is 0.431. The Hall–Kier alpha value is -1.18. The summed E-state index contributed by atoms with van der Waals surface area (Å²) in [4.78, 5) is 0.0953. The summed E-state index contributed by atoms with van der Waals surface area (Å²) in [7, 11) is 3.79. The van der Waals surface area contributed by atoms with Crippen LogP contribution < -0.4 is 15.2 Å². The number of benzene rings is 2. The number of hydrogen-bond acceptors (Lipinski definition) is 5. The number of methoxy groups -OCH3 is 2. The molecule has 0 spiro atoms. The Balaban J connectivity index is 0.000000380. The van der Waals surface area contributed by atoms with Crippen molar-refractivity contribution < 1.29 is 35.2 Å². The van der Waals surface area contributed by atoms with E-state index >= 15 is 0 Å². The molecular formula is C24H35ClN2O4RuS. The van der Waals surface area contributed by atoms with E-state index in [1.165, 1.54) is 37.5 Å². The summed E-state index contributed by atoms with van der Waals surface area (Å²) in [5.74, 6) is 1.49. The first-order valence-electron chi connectivity index (χ1n) is 10.8. The molecule has 2 aromatic carbocycles. The molecule has 0 saturated heterocycles. The maximum atomic E-state index is 12.4. The summed E-state index contributed by atoms with van der Waals surface area (Å²) in [6.45, 7) is 6.54. The molecule has 6 nitrogen and oxygen atoms in total. The fraction of sp³-hybridized carbons (Fsp3) is 0.500.